The van der Waals surface area contributed by atoms with Crippen molar-refractivity contribution in [1.29, 1.82) is 0 Å². The number of halogens is 1. The Morgan fingerprint density at radius 1 is 1.53 bits per heavy atom. The number of benzene rings is 1. The molecule has 2 aromatic rings. The van der Waals surface area contributed by atoms with Crippen LogP contribution in [0.2, 0.25) is 5.02 Å². The zero-order chi connectivity index (χ0) is 13.8. The molecular weight excluding hydrogens is 286 g/mol. The van der Waals surface area contributed by atoms with E-state index in [1.807, 2.05) is 6.07 Å². The van der Waals surface area contributed by atoms with E-state index in [1.165, 1.54) is 17.4 Å². The van der Waals surface area contributed by atoms with Gasteiger partial charge in [-0.3, -0.25) is 0 Å². The van der Waals surface area contributed by atoms with E-state index in [-0.39, 0.29) is 0 Å². The molecule has 6 heteroatoms. The Bertz CT molecular complexity index is 637. The van der Waals surface area contributed by atoms with Crippen molar-refractivity contribution in [2.75, 3.05) is 7.11 Å². The summed E-state index contributed by atoms with van der Waals surface area (Å²) in [5.41, 5.74) is 0.794. The van der Waals surface area contributed by atoms with Crippen LogP contribution >= 0.6 is 22.9 Å². The Morgan fingerprint density at radius 3 is 2.95 bits per heavy atom. The molecule has 98 valence electrons. The van der Waals surface area contributed by atoms with E-state index in [4.69, 9.17) is 21.4 Å². The van der Waals surface area contributed by atoms with E-state index in [0.29, 0.717) is 10.8 Å². The average molecular weight is 296 g/mol. The van der Waals surface area contributed by atoms with E-state index in [2.05, 4.69) is 4.98 Å². The Morgan fingerprint density at radius 2 is 2.32 bits per heavy atom. The van der Waals surface area contributed by atoms with E-state index < -0.39 is 5.97 Å². The monoisotopic (exact) mass is 295 g/mol. The fourth-order valence-corrected chi connectivity index (χ4v) is 2.61. The van der Waals surface area contributed by atoms with E-state index in [0.717, 1.165) is 21.5 Å². The van der Waals surface area contributed by atoms with Crippen LogP contribution in [-0.2, 0) is 4.79 Å². The van der Waals surface area contributed by atoms with Crippen LogP contribution in [0.25, 0.3) is 16.6 Å². The second-order valence-electron chi connectivity index (χ2n) is 3.59. The lowest BCUT2D eigenvalue weighted by atomic mass is 10.2. The lowest BCUT2D eigenvalue weighted by molar-refractivity contribution is -0.131. The maximum atomic E-state index is 10.4. The summed E-state index contributed by atoms with van der Waals surface area (Å²) in [5, 5.41) is 9.84. The largest absolute Gasteiger partial charge is 0.497 e. The van der Waals surface area contributed by atoms with Gasteiger partial charge in [-0.15, -0.1) is 11.3 Å². The lowest BCUT2D eigenvalue weighted by Gasteiger charge is -2.03. The molecule has 0 aliphatic heterocycles. The molecule has 0 unspecified atom stereocenters. The molecule has 0 radical (unpaired) electrons. The molecule has 2 rings (SSSR count). The summed E-state index contributed by atoms with van der Waals surface area (Å²) in [7, 11) is 1.57. The molecule has 0 aliphatic carbocycles. The van der Waals surface area contributed by atoms with Gasteiger partial charge in [0.2, 0.25) is 0 Å². The highest BCUT2D eigenvalue weighted by molar-refractivity contribution is 7.15. The minimum absolute atomic E-state index is 0.544. The van der Waals surface area contributed by atoms with Gasteiger partial charge in [0, 0.05) is 22.7 Å². The second-order valence-corrected chi connectivity index (χ2v) is 5.05. The number of thiazole rings is 1. The molecule has 0 aliphatic rings. The number of nitrogens with zero attached hydrogens (tertiary/aromatic N) is 1. The molecule has 1 aromatic heterocycles. The average Bonchev–Trinajstić information content (AvgIpc) is 2.84. The number of aliphatic carboxylic acids is 1. The summed E-state index contributed by atoms with van der Waals surface area (Å²) in [6, 6.07) is 5.34. The third-order valence-corrected chi connectivity index (χ3v) is 3.63. The van der Waals surface area contributed by atoms with Gasteiger partial charge in [-0.25, -0.2) is 9.78 Å². The summed E-state index contributed by atoms with van der Waals surface area (Å²) in [4.78, 5) is 15.4. The predicted octanol–water partition coefficient (Wildman–Crippen LogP) is 3.57. The molecular formula is C13H10ClNO3S. The topological polar surface area (TPSA) is 59.4 Å². The van der Waals surface area contributed by atoms with Crippen molar-refractivity contribution in [3.05, 3.63) is 40.4 Å². The number of carbonyl (C=O) groups is 1. The normalized spacial score (nSPS) is 10.8. The van der Waals surface area contributed by atoms with E-state index >= 15 is 0 Å². The summed E-state index contributed by atoms with van der Waals surface area (Å²) in [6.07, 6.45) is 4.19. The van der Waals surface area contributed by atoms with Crippen molar-refractivity contribution in [1.82, 2.24) is 4.98 Å². The van der Waals surface area contributed by atoms with Crippen LogP contribution in [0, 0.1) is 0 Å². The fraction of sp³-hybridized carbons (Fsp3) is 0.0769. The smallest absolute Gasteiger partial charge is 0.328 e. The zero-order valence-electron chi connectivity index (χ0n) is 9.96. The number of aromatic nitrogens is 1. The van der Waals surface area contributed by atoms with Gasteiger partial charge in [0.25, 0.3) is 0 Å². The Kier molecular flexibility index (Phi) is 4.19. The standard InChI is InChI=1S/C13H10ClNO3S/c1-18-8-2-4-10(11(14)6-8)13-15-7-9(19-13)3-5-12(16)17/h2-7H,1H3,(H,16,17). The molecule has 4 nitrogen and oxygen atoms in total. The van der Waals surface area contributed by atoms with Gasteiger partial charge in [-0.1, -0.05) is 11.6 Å². The quantitative estimate of drug-likeness (QED) is 0.876. The molecule has 0 saturated heterocycles. The third-order valence-electron chi connectivity index (χ3n) is 2.32. The summed E-state index contributed by atoms with van der Waals surface area (Å²) in [6.45, 7) is 0. The SMILES string of the molecule is COc1ccc(-c2ncc(C=CC(=O)O)s2)c(Cl)c1. The molecule has 1 heterocycles. The van der Waals surface area contributed by atoms with Crippen molar-refractivity contribution >= 4 is 35.0 Å². The molecule has 0 spiro atoms. The summed E-state index contributed by atoms with van der Waals surface area (Å²) in [5.74, 6) is -0.311. The van der Waals surface area contributed by atoms with Gasteiger partial charge in [0.1, 0.15) is 10.8 Å². The number of carboxylic acids is 1. The number of hydrogen-bond acceptors (Lipinski definition) is 4. The van der Waals surface area contributed by atoms with Gasteiger partial charge in [-0.05, 0) is 24.3 Å². The lowest BCUT2D eigenvalue weighted by Crippen LogP contribution is -1.84. The first kappa shape index (κ1) is 13.6. The Labute approximate surface area is 118 Å². The van der Waals surface area contributed by atoms with Crippen molar-refractivity contribution < 1.29 is 14.6 Å². The number of rotatable bonds is 4. The minimum Gasteiger partial charge on any atom is -0.497 e. The highest BCUT2D eigenvalue weighted by atomic mass is 35.5. The van der Waals surface area contributed by atoms with Gasteiger partial charge in [-0.2, -0.15) is 0 Å². The fourth-order valence-electron chi connectivity index (χ4n) is 1.44. The summed E-state index contributed by atoms with van der Waals surface area (Å²) >= 11 is 7.52. The van der Waals surface area contributed by atoms with Crippen LogP contribution in [0.1, 0.15) is 4.88 Å². The predicted molar refractivity (Wildman–Crippen MR) is 75.8 cm³/mol. The van der Waals surface area contributed by atoms with Crippen molar-refractivity contribution in [3.63, 3.8) is 0 Å². The van der Waals surface area contributed by atoms with Crippen molar-refractivity contribution in [2.45, 2.75) is 0 Å². The maximum Gasteiger partial charge on any atom is 0.328 e. The first-order valence-corrected chi connectivity index (χ1v) is 6.50. The molecule has 0 amide bonds. The zero-order valence-corrected chi connectivity index (χ0v) is 11.5. The van der Waals surface area contributed by atoms with Gasteiger partial charge in [0.15, 0.2) is 0 Å². The Balaban J connectivity index is 2.30. The molecule has 0 fully saturated rings. The molecule has 0 atom stereocenters. The second kappa shape index (κ2) is 5.86. The van der Waals surface area contributed by atoms with Crippen LogP contribution < -0.4 is 4.74 Å². The molecule has 0 bridgehead atoms. The van der Waals surface area contributed by atoms with Gasteiger partial charge < -0.3 is 9.84 Å². The van der Waals surface area contributed by atoms with E-state index in [1.54, 1.807) is 25.4 Å². The van der Waals surface area contributed by atoms with Crippen molar-refractivity contribution in [2.24, 2.45) is 0 Å². The molecule has 1 aromatic carbocycles. The maximum absolute atomic E-state index is 10.4. The highest BCUT2D eigenvalue weighted by Crippen LogP contribution is 2.33. The summed E-state index contributed by atoms with van der Waals surface area (Å²) < 4.78 is 5.08. The van der Waals surface area contributed by atoms with Gasteiger partial charge >= 0.3 is 5.97 Å². The number of carboxylic acid groups (broad SMARTS) is 1. The molecule has 0 saturated carbocycles. The van der Waals surface area contributed by atoms with Crippen LogP contribution in [0.5, 0.6) is 5.75 Å². The number of methoxy groups -OCH3 is 1. The minimum atomic E-state index is -0.988. The van der Waals surface area contributed by atoms with Crippen molar-refractivity contribution in [3.8, 4) is 16.3 Å². The van der Waals surface area contributed by atoms with Crippen LogP contribution in [0.4, 0.5) is 0 Å². The third kappa shape index (κ3) is 3.33. The first-order chi connectivity index (χ1) is 9.10. The first-order valence-electron chi connectivity index (χ1n) is 5.31. The van der Waals surface area contributed by atoms with Gasteiger partial charge in [0.05, 0.1) is 12.1 Å². The Hall–Kier alpha value is -1.85. The number of ether oxygens (including phenoxy) is 1. The van der Waals surface area contributed by atoms with E-state index in [9.17, 15) is 4.79 Å². The van der Waals surface area contributed by atoms with Crippen LogP contribution in [-0.4, -0.2) is 23.2 Å². The highest BCUT2D eigenvalue weighted by Gasteiger charge is 2.09. The molecule has 1 N–H and O–H groups in total. The number of hydrogen-bond donors (Lipinski definition) is 1. The van der Waals surface area contributed by atoms with Crippen LogP contribution in [0.15, 0.2) is 30.5 Å². The molecule has 19 heavy (non-hydrogen) atoms. The van der Waals surface area contributed by atoms with Crippen LogP contribution in [0.3, 0.4) is 0 Å².